The largest absolute Gasteiger partial charge is 0.272 e. The Balaban J connectivity index is 1.74. The molecule has 5 rings (SSSR count). The zero-order valence-corrected chi connectivity index (χ0v) is 21.4. The number of thioether (sulfide) groups is 1. The van der Waals surface area contributed by atoms with E-state index in [1.54, 1.807) is 27.7 Å². The highest BCUT2D eigenvalue weighted by atomic mass is 32.2. The molecule has 0 unspecified atom stereocenters. The first-order valence-corrected chi connectivity index (χ1v) is 13.3. The molecule has 7 heteroatoms. The highest BCUT2D eigenvalue weighted by Gasteiger charge is 2.33. The van der Waals surface area contributed by atoms with E-state index in [4.69, 9.17) is 0 Å². The van der Waals surface area contributed by atoms with Gasteiger partial charge in [0.1, 0.15) is 4.83 Å². The van der Waals surface area contributed by atoms with Crippen LogP contribution in [0.2, 0.25) is 0 Å². The molecule has 1 aliphatic rings. The maximum absolute atomic E-state index is 13.9. The van der Waals surface area contributed by atoms with Crippen LogP contribution in [0.5, 0.6) is 0 Å². The van der Waals surface area contributed by atoms with Crippen molar-refractivity contribution in [2.24, 2.45) is 11.3 Å². The second-order valence-corrected chi connectivity index (χ2v) is 12.3. The Hall–Kier alpha value is -2.38. The van der Waals surface area contributed by atoms with Crippen LogP contribution in [0.1, 0.15) is 50.1 Å². The summed E-state index contributed by atoms with van der Waals surface area (Å²) >= 11 is 3.40. The molecule has 1 atom stereocenters. The molecule has 0 spiro atoms. The molecule has 0 N–H and O–H groups in total. The Morgan fingerprint density at radius 2 is 2.00 bits per heavy atom. The van der Waals surface area contributed by atoms with Crippen LogP contribution in [0.3, 0.4) is 0 Å². The van der Waals surface area contributed by atoms with Crippen LogP contribution in [0.4, 0.5) is 0 Å². The average Bonchev–Trinajstić information content (AvgIpc) is 3.36. The van der Waals surface area contributed by atoms with E-state index < -0.39 is 0 Å². The normalized spacial score (nSPS) is 16.4. The SMILES string of the molecule is C=C(C)CSc1nnc2n(Cc3ccccc3)c(=O)c3c4c(sc3n12)C[C@H](C(C)(C)C)CC4. The first-order chi connectivity index (χ1) is 15.7. The Morgan fingerprint density at radius 1 is 1.24 bits per heavy atom. The van der Waals surface area contributed by atoms with Gasteiger partial charge in [0.15, 0.2) is 5.16 Å². The van der Waals surface area contributed by atoms with E-state index in [0.29, 0.717) is 18.2 Å². The van der Waals surface area contributed by atoms with Crippen molar-refractivity contribution in [1.82, 2.24) is 19.2 Å². The predicted octanol–water partition coefficient (Wildman–Crippen LogP) is 5.97. The van der Waals surface area contributed by atoms with Crippen molar-refractivity contribution in [1.29, 1.82) is 0 Å². The Morgan fingerprint density at radius 3 is 2.70 bits per heavy atom. The van der Waals surface area contributed by atoms with Gasteiger partial charge in [-0.1, -0.05) is 75.0 Å². The second kappa shape index (κ2) is 8.44. The van der Waals surface area contributed by atoms with Crippen molar-refractivity contribution in [3.63, 3.8) is 0 Å². The molecule has 1 aliphatic carbocycles. The highest BCUT2D eigenvalue weighted by molar-refractivity contribution is 7.99. The Labute approximate surface area is 202 Å². The summed E-state index contributed by atoms with van der Waals surface area (Å²) in [6, 6.07) is 10.1. The molecule has 0 bridgehead atoms. The lowest BCUT2D eigenvalue weighted by Crippen LogP contribution is -2.27. The Kier molecular flexibility index (Phi) is 5.73. The molecule has 1 aromatic carbocycles. The van der Waals surface area contributed by atoms with Gasteiger partial charge < -0.3 is 0 Å². The molecule has 3 heterocycles. The van der Waals surface area contributed by atoms with Gasteiger partial charge >= 0.3 is 0 Å². The van der Waals surface area contributed by atoms with Crippen LogP contribution >= 0.6 is 23.1 Å². The molecule has 0 fully saturated rings. The third-order valence-corrected chi connectivity index (χ3v) is 9.02. The van der Waals surface area contributed by atoms with E-state index in [1.165, 1.54) is 10.4 Å². The van der Waals surface area contributed by atoms with Gasteiger partial charge in [-0.25, -0.2) is 4.40 Å². The topological polar surface area (TPSA) is 52.2 Å². The number of benzene rings is 1. The highest BCUT2D eigenvalue weighted by Crippen LogP contribution is 2.43. The minimum absolute atomic E-state index is 0.0527. The number of aromatic nitrogens is 4. The number of hydrogen-bond acceptors (Lipinski definition) is 5. The van der Waals surface area contributed by atoms with E-state index in [2.05, 4.69) is 54.1 Å². The lowest BCUT2D eigenvalue weighted by Gasteiger charge is -2.33. The summed E-state index contributed by atoms with van der Waals surface area (Å²) < 4.78 is 3.92. The molecular weight excluding hydrogens is 448 g/mol. The summed E-state index contributed by atoms with van der Waals surface area (Å²) in [6.07, 6.45) is 3.12. The summed E-state index contributed by atoms with van der Waals surface area (Å²) in [7, 11) is 0. The smallest absolute Gasteiger partial charge is 0.264 e. The summed E-state index contributed by atoms with van der Waals surface area (Å²) in [5, 5.41) is 10.7. The summed E-state index contributed by atoms with van der Waals surface area (Å²) in [4.78, 5) is 16.3. The van der Waals surface area contributed by atoms with Crippen LogP contribution in [0.25, 0.3) is 16.0 Å². The fourth-order valence-corrected chi connectivity index (χ4v) is 6.97. The average molecular weight is 479 g/mol. The van der Waals surface area contributed by atoms with Crippen molar-refractivity contribution in [2.45, 2.75) is 58.7 Å². The minimum Gasteiger partial charge on any atom is -0.272 e. The van der Waals surface area contributed by atoms with Gasteiger partial charge in [0.2, 0.25) is 5.78 Å². The summed E-state index contributed by atoms with van der Waals surface area (Å²) in [5.41, 5.74) is 3.72. The van der Waals surface area contributed by atoms with Crippen molar-refractivity contribution < 1.29 is 0 Å². The molecule has 3 aromatic heterocycles. The number of thiophene rings is 1. The zero-order valence-electron chi connectivity index (χ0n) is 19.7. The van der Waals surface area contributed by atoms with Crippen LogP contribution in [0.15, 0.2) is 52.4 Å². The standard InChI is InChI=1S/C26H30N4OS2/c1-16(2)15-32-25-28-27-24-29(14-17-9-7-6-8-10-17)22(31)21-19-12-11-18(26(3,4)5)13-20(19)33-23(21)30(24)25/h6-10,18H,1,11-15H2,2-5H3/t18-/m1/s1. The monoisotopic (exact) mass is 478 g/mol. The molecule has 172 valence electrons. The van der Waals surface area contributed by atoms with Crippen molar-refractivity contribution in [3.05, 3.63) is 68.8 Å². The predicted molar refractivity (Wildman–Crippen MR) is 139 cm³/mol. The van der Waals surface area contributed by atoms with Crippen LogP contribution in [-0.4, -0.2) is 24.9 Å². The van der Waals surface area contributed by atoms with Crippen LogP contribution in [-0.2, 0) is 19.4 Å². The molecular formula is C26H30N4OS2. The molecule has 5 nitrogen and oxygen atoms in total. The number of hydrogen-bond donors (Lipinski definition) is 0. The van der Waals surface area contributed by atoms with Gasteiger partial charge in [0.25, 0.3) is 5.56 Å². The van der Waals surface area contributed by atoms with Crippen molar-refractivity contribution in [2.75, 3.05) is 5.75 Å². The third-order valence-electron chi connectivity index (χ3n) is 6.62. The fraction of sp³-hybridized carbons (Fsp3) is 0.423. The van der Waals surface area contributed by atoms with Gasteiger partial charge in [0, 0.05) is 10.6 Å². The first-order valence-electron chi connectivity index (χ1n) is 11.5. The molecule has 0 amide bonds. The van der Waals surface area contributed by atoms with Gasteiger partial charge in [0.05, 0.1) is 11.9 Å². The molecule has 33 heavy (non-hydrogen) atoms. The quantitative estimate of drug-likeness (QED) is 0.262. The van der Waals surface area contributed by atoms with E-state index in [-0.39, 0.29) is 11.0 Å². The van der Waals surface area contributed by atoms with Gasteiger partial charge in [-0.3, -0.25) is 9.36 Å². The molecule has 0 saturated heterocycles. The van der Waals surface area contributed by atoms with Gasteiger partial charge in [-0.2, -0.15) is 0 Å². The van der Waals surface area contributed by atoms with E-state index >= 15 is 0 Å². The maximum atomic E-state index is 13.9. The van der Waals surface area contributed by atoms with E-state index in [0.717, 1.165) is 51.5 Å². The van der Waals surface area contributed by atoms with E-state index in [9.17, 15) is 4.79 Å². The lowest BCUT2D eigenvalue weighted by molar-refractivity contribution is 0.218. The number of rotatable bonds is 5. The van der Waals surface area contributed by atoms with Crippen LogP contribution < -0.4 is 5.56 Å². The summed E-state index contributed by atoms with van der Waals surface area (Å²) in [6.45, 7) is 13.5. The zero-order chi connectivity index (χ0) is 23.3. The van der Waals surface area contributed by atoms with Gasteiger partial charge in [-0.05, 0) is 48.6 Å². The summed E-state index contributed by atoms with van der Waals surface area (Å²) in [5.74, 6) is 2.02. The van der Waals surface area contributed by atoms with Crippen molar-refractivity contribution in [3.8, 4) is 0 Å². The third kappa shape index (κ3) is 4.06. The minimum atomic E-state index is 0.0527. The Bertz CT molecular complexity index is 1410. The molecule has 0 radical (unpaired) electrons. The van der Waals surface area contributed by atoms with Gasteiger partial charge in [-0.15, -0.1) is 21.5 Å². The first kappa shape index (κ1) is 22.4. The number of aryl methyl sites for hydroxylation is 1. The second-order valence-electron chi connectivity index (χ2n) is 10.2. The van der Waals surface area contributed by atoms with Crippen LogP contribution in [0, 0.1) is 11.3 Å². The fourth-order valence-electron chi connectivity index (χ4n) is 4.72. The lowest BCUT2D eigenvalue weighted by atomic mass is 9.72. The molecule has 0 aliphatic heterocycles. The van der Waals surface area contributed by atoms with Crippen molar-refractivity contribution >= 4 is 39.1 Å². The molecule has 0 saturated carbocycles. The maximum Gasteiger partial charge on any atom is 0.264 e. The number of fused-ring (bicyclic) bond motifs is 5. The number of nitrogens with zero attached hydrogens (tertiary/aromatic N) is 4. The molecule has 4 aromatic rings. The van der Waals surface area contributed by atoms with E-state index in [1.807, 2.05) is 25.1 Å².